The van der Waals surface area contributed by atoms with E-state index < -0.39 is 5.54 Å². The van der Waals surface area contributed by atoms with Gasteiger partial charge in [0.1, 0.15) is 5.54 Å². The molecule has 0 spiro atoms. The molecule has 4 atom stereocenters. The van der Waals surface area contributed by atoms with Crippen LogP contribution in [0.25, 0.3) is 0 Å². The fourth-order valence-corrected chi connectivity index (χ4v) is 2.81. The van der Waals surface area contributed by atoms with Crippen molar-refractivity contribution >= 4 is 5.97 Å². The van der Waals surface area contributed by atoms with Crippen molar-refractivity contribution in [3.8, 4) is 0 Å². The van der Waals surface area contributed by atoms with E-state index in [2.05, 4.69) is 26.1 Å². The summed E-state index contributed by atoms with van der Waals surface area (Å²) in [7, 11) is 0. The number of carbonyl (C=O) groups is 1. The summed E-state index contributed by atoms with van der Waals surface area (Å²) in [5.41, 5.74) is -0.738. The fourth-order valence-electron chi connectivity index (χ4n) is 2.81. The first-order chi connectivity index (χ1) is 9.92. The quantitative estimate of drug-likeness (QED) is 0.699. The summed E-state index contributed by atoms with van der Waals surface area (Å²) in [5.74, 6) is 1.26. The van der Waals surface area contributed by atoms with Crippen LogP contribution in [0.4, 0.5) is 0 Å². The second kappa shape index (κ2) is 8.74. The number of hydrogen-bond acceptors (Lipinski definition) is 4. The maximum atomic E-state index is 12.2. The SMILES string of the molecule is CCCNC(C)(COC1CCC(C)C(C)C1)C(=O)OCC. The molecule has 21 heavy (non-hydrogen) atoms. The van der Waals surface area contributed by atoms with Crippen LogP contribution in [0.15, 0.2) is 0 Å². The highest BCUT2D eigenvalue weighted by Gasteiger charge is 2.36. The van der Waals surface area contributed by atoms with Gasteiger partial charge in [-0.1, -0.05) is 20.8 Å². The van der Waals surface area contributed by atoms with Crippen molar-refractivity contribution in [2.24, 2.45) is 11.8 Å². The summed E-state index contributed by atoms with van der Waals surface area (Å²) in [5, 5.41) is 3.29. The molecule has 1 aliphatic carbocycles. The Balaban J connectivity index is 2.54. The first-order valence-corrected chi connectivity index (χ1v) is 8.46. The van der Waals surface area contributed by atoms with Crippen LogP contribution >= 0.6 is 0 Å². The Kier molecular flexibility index (Phi) is 7.67. The molecule has 0 radical (unpaired) electrons. The average Bonchev–Trinajstić information content (AvgIpc) is 2.46. The highest BCUT2D eigenvalue weighted by Crippen LogP contribution is 2.31. The van der Waals surface area contributed by atoms with Gasteiger partial charge in [0.15, 0.2) is 0 Å². The van der Waals surface area contributed by atoms with Crippen LogP contribution in [0.3, 0.4) is 0 Å². The lowest BCUT2D eigenvalue weighted by Crippen LogP contribution is -2.55. The Hall–Kier alpha value is -0.610. The number of nitrogens with one attached hydrogen (secondary N) is 1. The topological polar surface area (TPSA) is 47.6 Å². The van der Waals surface area contributed by atoms with E-state index in [-0.39, 0.29) is 12.1 Å². The number of rotatable bonds is 8. The molecule has 1 fully saturated rings. The zero-order chi connectivity index (χ0) is 15.9. The molecule has 1 aliphatic rings. The second-order valence-corrected chi connectivity index (χ2v) is 6.68. The molecule has 0 aliphatic heterocycles. The molecule has 0 aromatic carbocycles. The minimum atomic E-state index is -0.738. The smallest absolute Gasteiger partial charge is 0.328 e. The van der Waals surface area contributed by atoms with Crippen LogP contribution in [0.1, 0.15) is 60.3 Å². The Morgan fingerprint density at radius 3 is 2.52 bits per heavy atom. The third kappa shape index (κ3) is 5.59. The minimum Gasteiger partial charge on any atom is -0.465 e. The minimum absolute atomic E-state index is 0.212. The summed E-state index contributed by atoms with van der Waals surface area (Å²) in [4.78, 5) is 12.2. The molecule has 124 valence electrons. The van der Waals surface area contributed by atoms with Crippen LogP contribution in [-0.4, -0.2) is 37.4 Å². The number of hydrogen-bond donors (Lipinski definition) is 1. The van der Waals surface area contributed by atoms with E-state index in [9.17, 15) is 4.79 Å². The van der Waals surface area contributed by atoms with Crippen molar-refractivity contribution in [2.45, 2.75) is 71.9 Å². The second-order valence-electron chi connectivity index (χ2n) is 6.68. The highest BCUT2D eigenvalue weighted by atomic mass is 16.5. The van der Waals surface area contributed by atoms with Crippen molar-refractivity contribution in [1.29, 1.82) is 0 Å². The Bertz CT molecular complexity index is 321. The van der Waals surface area contributed by atoms with Gasteiger partial charge in [-0.2, -0.15) is 0 Å². The summed E-state index contributed by atoms with van der Waals surface area (Å²) < 4.78 is 11.3. The number of esters is 1. The summed E-state index contributed by atoms with van der Waals surface area (Å²) >= 11 is 0. The maximum Gasteiger partial charge on any atom is 0.328 e. The molecule has 0 bridgehead atoms. The van der Waals surface area contributed by atoms with E-state index in [1.54, 1.807) is 0 Å². The lowest BCUT2D eigenvalue weighted by Gasteiger charge is -2.35. The Labute approximate surface area is 130 Å². The summed E-state index contributed by atoms with van der Waals surface area (Å²) in [6, 6.07) is 0. The van der Waals surface area contributed by atoms with Crippen molar-refractivity contribution in [3.63, 3.8) is 0 Å². The predicted octanol–water partition coefficient (Wildman–Crippen LogP) is 3.15. The van der Waals surface area contributed by atoms with Crippen molar-refractivity contribution in [3.05, 3.63) is 0 Å². The normalized spacial score (nSPS) is 28.9. The van der Waals surface area contributed by atoms with Gasteiger partial charge < -0.3 is 14.8 Å². The van der Waals surface area contributed by atoms with Gasteiger partial charge in [0, 0.05) is 0 Å². The van der Waals surface area contributed by atoms with E-state index in [1.165, 1.54) is 6.42 Å². The van der Waals surface area contributed by atoms with Gasteiger partial charge in [-0.05, 0) is 57.9 Å². The van der Waals surface area contributed by atoms with Crippen molar-refractivity contribution in [2.75, 3.05) is 19.8 Å². The zero-order valence-electron chi connectivity index (χ0n) is 14.4. The standard InChI is InChI=1S/C17H33NO3/c1-6-10-18-17(5,16(19)20-7-2)12-21-15-9-8-13(3)14(4)11-15/h13-15,18H,6-12H2,1-5H3. The molecule has 0 amide bonds. The molecule has 0 heterocycles. The molecule has 1 saturated carbocycles. The van der Waals surface area contributed by atoms with Gasteiger partial charge in [-0.3, -0.25) is 0 Å². The van der Waals surface area contributed by atoms with Crippen LogP contribution in [-0.2, 0) is 14.3 Å². The molecular weight excluding hydrogens is 266 g/mol. The third-order valence-corrected chi connectivity index (χ3v) is 4.65. The van der Waals surface area contributed by atoms with E-state index >= 15 is 0 Å². The Morgan fingerprint density at radius 2 is 1.95 bits per heavy atom. The van der Waals surface area contributed by atoms with Gasteiger partial charge in [0.05, 0.1) is 19.3 Å². The molecule has 1 rings (SSSR count). The number of ether oxygens (including phenoxy) is 2. The van der Waals surface area contributed by atoms with Gasteiger partial charge in [-0.25, -0.2) is 4.79 Å². The Morgan fingerprint density at radius 1 is 1.24 bits per heavy atom. The molecule has 0 aromatic heterocycles. The predicted molar refractivity (Wildman–Crippen MR) is 85.3 cm³/mol. The molecule has 1 N–H and O–H groups in total. The first kappa shape index (κ1) is 18.4. The monoisotopic (exact) mass is 299 g/mol. The molecule has 4 nitrogen and oxygen atoms in total. The van der Waals surface area contributed by atoms with E-state index in [0.717, 1.165) is 31.7 Å². The average molecular weight is 299 g/mol. The van der Waals surface area contributed by atoms with Gasteiger partial charge >= 0.3 is 5.97 Å². The maximum absolute atomic E-state index is 12.2. The molecule has 4 unspecified atom stereocenters. The molecule has 4 heteroatoms. The largest absolute Gasteiger partial charge is 0.465 e. The fraction of sp³-hybridized carbons (Fsp3) is 0.941. The van der Waals surface area contributed by atoms with Crippen LogP contribution in [0.2, 0.25) is 0 Å². The lowest BCUT2D eigenvalue weighted by molar-refractivity contribution is -0.155. The van der Waals surface area contributed by atoms with Crippen LogP contribution in [0, 0.1) is 11.8 Å². The summed E-state index contributed by atoms with van der Waals surface area (Å²) in [6.07, 6.45) is 4.65. The molecule has 0 saturated heterocycles. The lowest BCUT2D eigenvalue weighted by atomic mass is 9.80. The zero-order valence-corrected chi connectivity index (χ0v) is 14.4. The van der Waals surface area contributed by atoms with Gasteiger partial charge in [-0.15, -0.1) is 0 Å². The molecular formula is C17H33NO3. The third-order valence-electron chi connectivity index (χ3n) is 4.65. The summed E-state index contributed by atoms with van der Waals surface area (Å²) in [6.45, 7) is 12.0. The van der Waals surface area contributed by atoms with Gasteiger partial charge in [0.25, 0.3) is 0 Å². The highest BCUT2D eigenvalue weighted by molar-refractivity contribution is 5.80. The van der Waals surface area contributed by atoms with Crippen LogP contribution in [0.5, 0.6) is 0 Å². The first-order valence-electron chi connectivity index (χ1n) is 8.46. The van der Waals surface area contributed by atoms with Crippen molar-refractivity contribution in [1.82, 2.24) is 5.32 Å². The van der Waals surface area contributed by atoms with Crippen LogP contribution < -0.4 is 5.32 Å². The van der Waals surface area contributed by atoms with E-state index in [0.29, 0.717) is 19.1 Å². The van der Waals surface area contributed by atoms with Gasteiger partial charge in [0.2, 0.25) is 0 Å². The van der Waals surface area contributed by atoms with E-state index in [4.69, 9.17) is 9.47 Å². The number of carbonyl (C=O) groups excluding carboxylic acids is 1. The van der Waals surface area contributed by atoms with E-state index in [1.807, 2.05) is 13.8 Å². The van der Waals surface area contributed by atoms with Crippen molar-refractivity contribution < 1.29 is 14.3 Å². The molecule has 0 aromatic rings.